The van der Waals surface area contributed by atoms with E-state index in [0.29, 0.717) is 5.69 Å². The second-order valence-electron chi connectivity index (χ2n) is 3.81. The highest BCUT2D eigenvalue weighted by Gasteiger charge is 2.12. The molecule has 1 rings (SSSR count). The lowest BCUT2D eigenvalue weighted by Crippen LogP contribution is -2.19. The second-order valence-corrected chi connectivity index (χ2v) is 4.89. The van der Waals surface area contributed by atoms with E-state index in [1.807, 2.05) is 12.1 Å². The quantitative estimate of drug-likeness (QED) is 0.749. The van der Waals surface area contributed by atoms with Gasteiger partial charge in [0.1, 0.15) is 5.03 Å². The van der Waals surface area contributed by atoms with Gasteiger partial charge in [0.25, 0.3) is 0 Å². The number of aliphatic hydroxyl groups is 1. The van der Waals surface area contributed by atoms with Crippen LogP contribution in [0.4, 0.5) is 5.69 Å². The van der Waals surface area contributed by atoms with Gasteiger partial charge in [-0.15, -0.1) is 11.8 Å². The van der Waals surface area contributed by atoms with Crippen molar-refractivity contribution in [1.29, 1.82) is 0 Å². The van der Waals surface area contributed by atoms with Gasteiger partial charge in [0, 0.05) is 11.9 Å². The number of nitrogens with two attached hydrogens (primary N) is 1. The summed E-state index contributed by atoms with van der Waals surface area (Å²) in [6.45, 7) is 3.60. The molecule has 14 heavy (non-hydrogen) atoms. The molecule has 0 amide bonds. The molecule has 0 aliphatic rings. The van der Waals surface area contributed by atoms with Crippen molar-refractivity contribution in [1.82, 2.24) is 4.98 Å². The fourth-order valence-corrected chi connectivity index (χ4v) is 2.09. The van der Waals surface area contributed by atoms with Crippen molar-refractivity contribution < 1.29 is 5.11 Å². The van der Waals surface area contributed by atoms with Gasteiger partial charge in [-0.2, -0.15) is 0 Å². The highest BCUT2D eigenvalue weighted by atomic mass is 32.2. The molecule has 1 aromatic rings. The molecule has 0 unspecified atom stereocenters. The first kappa shape index (κ1) is 11.3. The summed E-state index contributed by atoms with van der Waals surface area (Å²) >= 11 is 1.58. The third kappa shape index (κ3) is 3.98. The lowest BCUT2D eigenvalue weighted by molar-refractivity contribution is 0.0777. The van der Waals surface area contributed by atoms with Crippen LogP contribution in [0, 0.1) is 0 Å². The molecule has 0 aromatic carbocycles. The molecule has 1 aromatic heterocycles. The summed E-state index contributed by atoms with van der Waals surface area (Å²) in [4.78, 5) is 4.15. The molecular formula is C10H16N2OS. The SMILES string of the molecule is CC(C)(O)CCSc1ncccc1N. The number of nitrogens with zero attached hydrogens (tertiary/aromatic N) is 1. The third-order valence-electron chi connectivity index (χ3n) is 1.75. The minimum Gasteiger partial charge on any atom is -0.397 e. The molecule has 0 aliphatic heterocycles. The van der Waals surface area contributed by atoms with E-state index in [-0.39, 0.29) is 0 Å². The van der Waals surface area contributed by atoms with Crippen LogP contribution < -0.4 is 5.73 Å². The van der Waals surface area contributed by atoms with Gasteiger partial charge in [0.15, 0.2) is 0 Å². The van der Waals surface area contributed by atoms with Gasteiger partial charge in [0.2, 0.25) is 0 Å². The van der Waals surface area contributed by atoms with Crippen LogP contribution >= 0.6 is 11.8 Å². The summed E-state index contributed by atoms with van der Waals surface area (Å²) in [5, 5.41) is 10.3. The topological polar surface area (TPSA) is 59.1 Å². The number of hydrogen-bond donors (Lipinski definition) is 2. The Morgan fingerprint density at radius 2 is 2.29 bits per heavy atom. The van der Waals surface area contributed by atoms with Gasteiger partial charge in [-0.3, -0.25) is 0 Å². The molecule has 4 heteroatoms. The average Bonchev–Trinajstić information content (AvgIpc) is 2.06. The molecule has 78 valence electrons. The summed E-state index contributed by atoms with van der Waals surface area (Å²) in [7, 11) is 0. The fourth-order valence-electron chi connectivity index (χ4n) is 0.921. The number of rotatable bonds is 4. The molecule has 0 bridgehead atoms. The molecule has 3 nitrogen and oxygen atoms in total. The van der Waals surface area contributed by atoms with Crippen molar-refractivity contribution in [3.05, 3.63) is 18.3 Å². The van der Waals surface area contributed by atoms with Crippen molar-refractivity contribution in [2.75, 3.05) is 11.5 Å². The standard InChI is InChI=1S/C10H16N2OS/c1-10(2,13)5-7-14-9-8(11)4-3-6-12-9/h3-4,6,13H,5,7,11H2,1-2H3. The molecule has 0 saturated carbocycles. The number of thioether (sulfide) groups is 1. The van der Waals surface area contributed by atoms with Crippen molar-refractivity contribution in [2.24, 2.45) is 0 Å². The molecule has 0 spiro atoms. The fraction of sp³-hybridized carbons (Fsp3) is 0.500. The highest BCUT2D eigenvalue weighted by molar-refractivity contribution is 7.99. The summed E-state index contributed by atoms with van der Waals surface area (Å²) in [6.07, 6.45) is 2.45. The van der Waals surface area contributed by atoms with Gasteiger partial charge >= 0.3 is 0 Å². The maximum atomic E-state index is 9.50. The Hall–Kier alpha value is -0.740. The average molecular weight is 212 g/mol. The van der Waals surface area contributed by atoms with E-state index in [1.54, 1.807) is 31.8 Å². The smallest absolute Gasteiger partial charge is 0.119 e. The van der Waals surface area contributed by atoms with Crippen LogP contribution in [0.15, 0.2) is 23.4 Å². The van der Waals surface area contributed by atoms with Gasteiger partial charge in [-0.05, 0) is 32.4 Å². The van der Waals surface area contributed by atoms with E-state index < -0.39 is 5.60 Å². The predicted octanol–water partition coefficient (Wildman–Crippen LogP) is 1.92. The van der Waals surface area contributed by atoms with Crippen LogP contribution in [0.5, 0.6) is 0 Å². The Morgan fingerprint density at radius 1 is 1.57 bits per heavy atom. The summed E-state index contributed by atoms with van der Waals surface area (Å²) in [5.74, 6) is 0.824. The van der Waals surface area contributed by atoms with Gasteiger partial charge in [-0.1, -0.05) is 0 Å². The van der Waals surface area contributed by atoms with Crippen LogP contribution in [0.1, 0.15) is 20.3 Å². The van der Waals surface area contributed by atoms with Crippen LogP contribution in [-0.2, 0) is 0 Å². The lowest BCUT2D eigenvalue weighted by Gasteiger charge is -2.16. The normalized spacial score (nSPS) is 11.6. The number of hydrogen-bond acceptors (Lipinski definition) is 4. The van der Waals surface area contributed by atoms with Crippen LogP contribution in [-0.4, -0.2) is 21.4 Å². The Balaban J connectivity index is 2.43. The van der Waals surface area contributed by atoms with Crippen LogP contribution in [0.3, 0.4) is 0 Å². The number of pyridine rings is 1. The zero-order chi connectivity index (χ0) is 10.6. The predicted molar refractivity (Wildman–Crippen MR) is 60.3 cm³/mol. The molecule has 0 saturated heterocycles. The van der Waals surface area contributed by atoms with E-state index >= 15 is 0 Å². The summed E-state index contributed by atoms with van der Waals surface area (Å²) < 4.78 is 0. The number of anilines is 1. The lowest BCUT2D eigenvalue weighted by atomic mass is 10.1. The zero-order valence-electron chi connectivity index (χ0n) is 8.53. The highest BCUT2D eigenvalue weighted by Crippen LogP contribution is 2.24. The monoisotopic (exact) mass is 212 g/mol. The first-order valence-corrected chi connectivity index (χ1v) is 5.53. The Kier molecular flexibility index (Phi) is 3.77. The Morgan fingerprint density at radius 3 is 2.86 bits per heavy atom. The summed E-state index contributed by atoms with van der Waals surface area (Å²) in [5.41, 5.74) is 5.81. The minimum atomic E-state index is -0.615. The molecule has 3 N–H and O–H groups in total. The zero-order valence-corrected chi connectivity index (χ0v) is 9.34. The molecule has 0 fully saturated rings. The minimum absolute atomic E-state index is 0.615. The maximum absolute atomic E-state index is 9.50. The molecule has 0 atom stereocenters. The first-order chi connectivity index (χ1) is 6.49. The van der Waals surface area contributed by atoms with Crippen molar-refractivity contribution >= 4 is 17.4 Å². The third-order valence-corrected chi connectivity index (χ3v) is 2.78. The molecule has 0 aliphatic carbocycles. The Bertz CT molecular complexity index is 296. The molecular weight excluding hydrogens is 196 g/mol. The Labute approximate surface area is 88.7 Å². The first-order valence-electron chi connectivity index (χ1n) is 4.55. The second kappa shape index (κ2) is 4.66. The summed E-state index contributed by atoms with van der Waals surface area (Å²) in [6, 6.07) is 3.65. The number of aromatic nitrogens is 1. The van der Waals surface area contributed by atoms with Crippen molar-refractivity contribution in [3.63, 3.8) is 0 Å². The van der Waals surface area contributed by atoms with Gasteiger partial charge in [0.05, 0.1) is 11.3 Å². The van der Waals surface area contributed by atoms with Crippen LogP contribution in [0.25, 0.3) is 0 Å². The van der Waals surface area contributed by atoms with E-state index in [1.165, 1.54) is 0 Å². The van der Waals surface area contributed by atoms with E-state index in [4.69, 9.17) is 5.73 Å². The maximum Gasteiger partial charge on any atom is 0.119 e. The molecule has 0 radical (unpaired) electrons. The largest absolute Gasteiger partial charge is 0.397 e. The van der Waals surface area contributed by atoms with E-state index in [9.17, 15) is 5.11 Å². The van der Waals surface area contributed by atoms with Crippen LogP contribution in [0.2, 0.25) is 0 Å². The van der Waals surface area contributed by atoms with Crippen molar-refractivity contribution in [2.45, 2.75) is 30.9 Å². The van der Waals surface area contributed by atoms with E-state index in [0.717, 1.165) is 17.2 Å². The number of nitrogen functional groups attached to an aromatic ring is 1. The van der Waals surface area contributed by atoms with Crippen molar-refractivity contribution in [3.8, 4) is 0 Å². The molecule has 1 heterocycles. The van der Waals surface area contributed by atoms with Gasteiger partial charge in [-0.25, -0.2) is 4.98 Å². The van der Waals surface area contributed by atoms with E-state index in [2.05, 4.69) is 4.98 Å². The van der Waals surface area contributed by atoms with Gasteiger partial charge < -0.3 is 10.8 Å².